The van der Waals surface area contributed by atoms with Crippen LogP contribution in [0.3, 0.4) is 0 Å². The van der Waals surface area contributed by atoms with Crippen molar-refractivity contribution in [1.29, 1.82) is 0 Å². The summed E-state index contributed by atoms with van der Waals surface area (Å²) in [7, 11) is 0. The first-order valence-electron chi connectivity index (χ1n) is 5.33. The molecule has 4 nitrogen and oxygen atoms in total. The fraction of sp³-hybridized carbons (Fsp3) is 0.455. The van der Waals surface area contributed by atoms with Gasteiger partial charge in [0.15, 0.2) is 0 Å². The second-order valence-corrected chi connectivity index (χ2v) is 4.26. The van der Waals surface area contributed by atoms with E-state index in [-0.39, 0.29) is 25.3 Å². The van der Waals surface area contributed by atoms with Gasteiger partial charge in [-0.15, -0.1) is 0 Å². The fourth-order valence-corrected chi connectivity index (χ4v) is 1.81. The Kier molecular flexibility index (Phi) is 2.95. The van der Waals surface area contributed by atoms with E-state index in [9.17, 15) is 13.6 Å². The molecule has 0 aliphatic heterocycles. The van der Waals surface area contributed by atoms with Gasteiger partial charge in [0.05, 0.1) is 12.1 Å². The monoisotopic (exact) mass is 241 g/mol. The van der Waals surface area contributed by atoms with E-state index in [1.165, 1.54) is 0 Å². The largest absolute Gasteiger partial charge is 0.369 e. The highest BCUT2D eigenvalue weighted by Crippen LogP contribution is 2.38. The second-order valence-electron chi connectivity index (χ2n) is 4.26. The van der Waals surface area contributed by atoms with Crippen molar-refractivity contribution in [1.82, 2.24) is 4.98 Å². The summed E-state index contributed by atoms with van der Waals surface area (Å²) in [5, 5.41) is 2.90. The number of pyridine rings is 1. The second kappa shape index (κ2) is 4.27. The third-order valence-electron chi connectivity index (χ3n) is 2.60. The quantitative estimate of drug-likeness (QED) is 0.835. The number of alkyl halides is 2. The molecule has 0 aromatic carbocycles. The van der Waals surface area contributed by atoms with E-state index in [1.54, 1.807) is 18.2 Å². The molecule has 1 saturated carbocycles. The molecule has 17 heavy (non-hydrogen) atoms. The van der Waals surface area contributed by atoms with Crippen molar-refractivity contribution in [2.75, 3.05) is 5.32 Å². The molecule has 0 saturated heterocycles. The molecule has 0 bridgehead atoms. The summed E-state index contributed by atoms with van der Waals surface area (Å²) in [6.07, 6.45) is -0.292. The lowest BCUT2D eigenvalue weighted by molar-refractivity contribution is -0.117. The number of halogens is 2. The maximum atomic E-state index is 12.6. The van der Waals surface area contributed by atoms with Crippen LogP contribution >= 0.6 is 0 Å². The first kappa shape index (κ1) is 11.8. The van der Waals surface area contributed by atoms with E-state index in [1.807, 2.05) is 0 Å². The van der Waals surface area contributed by atoms with E-state index in [4.69, 9.17) is 5.73 Å². The van der Waals surface area contributed by atoms with Gasteiger partial charge in [0.1, 0.15) is 5.82 Å². The van der Waals surface area contributed by atoms with Gasteiger partial charge in [-0.3, -0.25) is 4.79 Å². The number of hydrogen-bond acceptors (Lipinski definition) is 3. The predicted octanol–water partition coefficient (Wildman–Crippen LogP) is 1.32. The zero-order valence-electron chi connectivity index (χ0n) is 9.12. The van der Waals surface area contributed by atoms with Crippen molar-refractivity contribution in [3.63, 3.8) is 0 Å². The summed E-state index contributed by atoms with van der Waals surface area (Å²) in [6, 6.07) is 4.82. The minimum atomic E-state index is -2.55. The summed E-state index contributed by atoms with van der Waals surface area (Å²) in [5.41, 5.74) is 5.59. The van der Waals surface area contributed by atoms with E-state index in [0.717, 1.165) is 0 Å². The number of rotatable bonds is 4. The number of carbonyl (C=O) groups excluding carboxylic acids is 1. The number of aromatic nitrogens is 1. The third kappa shape index (κ3) is 3.12. The Morgan fingerprint density at radius 1 is 1.53 bits per heavy atom. The van der Waals surface area contributed by atoms with Gasteiger partial charge in [0.2, 0.25) is 5.91 Å². The topological polar surface area (TPSA) is 68.0 Å². The first-order chi connectivity index (χ1) is 7.94. The summed E-state index contributed by atoms with van der Waals surface area (Å²) >= 11 is 0. The normalized spacial score (nSPS) is 18.5. The van der Waals surface area contributed by atoms with E-state index in [0.29, 0.717) is 11.5 Å². The molecule has 2 rings (SSSR count). The molecule has 0 spiro atoms. The van der Waals surface area contributed by atoms with Crippen LogP contribution in [0.1, 0.15) is 18.5 Å². The highest BCUT2D eigenvalue weighted by atomic mass is 19.3. The Hall–Kier alpha value is -1.72. The standard InChI is InChI=1S/C11H13F2N3O/c12-11(13)5-8(6-11)16-10-3-1-2-7(15-10)4-9(14)17/h1-3,8H,4-6H2,(H2,14,17)(H,15,16). The van der Waals surface area contributed by atoms with Crippen molar-refractivity contribution in [3.8, 4) is 0 Å². The Labute approximate surface area is 97.2 Å². The van der Waals surface area contributed by atoms with Crippen molar-refractivity contribution < 1.29 is 13.6 Å². The zero-order valence-corrected chi connectivity index (χ0v) is 9.12. The van der Waals surface area contributed by atoms with Crippen LogP contribution < -0.4 is 11.1 Å². The van der Waals surface area contributed by atoms with Crippen molar-refractivity contribution in [3.05, 3.63) is 23.9 Å². The maximum Gasteiger partial charge on any atom is 0.252 e. The lowest BCUT2D eigenvalue weighted by Crippen LogP contribution is -2.44. The predicted molar refractivity (Wildman–Crippen MR) is 58.7 cm³/mol. The van der Waals surface area contributed by atoms with Gasteiger partial charge in [0, 0.05) is 18.9 Å². The van der Waals surface area contributed by atoms with Gasteiger partial charge >= 0.3 is 0 Å². The molecule has 0 unspecified atom stereocenters. The van der Waals surface area contributed by atoms with Gasteiger partial charge in [-0.25, -0.2) is 13.8 Å². The average Bonchev–Trinajstić information content (AvgIpc) is 2.14. The van der Waals surface area contributed by atoms with E-state index < -0.39 is 11.8 Å². The molecule has 6 heteroatoms. The molecule has 1 aliphatic carbocycles. The molecule has 3 N–H and O–H groups in total. The molecule has 1 heterocycles. The SMILES string of the molecule is NC(=O)Cc1cccc(NC2CC(F)(F)C2)n1. The average molecular weight is 241 g/mol. The number of anilines is 1. The smallest absolute Gasteiger partial charge is 0.252 e. The number of amides is 1. The van der Waals surface area contributed by atoms with Gasteiger partial charge in [-0.2, -0.15) is 0 Å². The van der Waals surface area contributed by atoms with Crippen LogP contribution in [0.15, 0.2) is 18.2 Å². The van der Waals surface area contributed by atoms with Gasteiger partial charge < -0.3 is 11.1 Å². The van der Waals surface area contributed by atoms with E-state index in [2.05, 4.69) is 10.3 Å². The minimum Gasteiger partial charge on any atom is -0.369 e. The number of hydrogen-bond donors (Lipinski definition) is 2. The first-order valence-corrected chi connectivity index (χ1v) is 5.33. The Morgan fingerprint density at radius 2 is 2.24 bits per heavy atom. The lowest BCUT2D eigenvalue weighted by Gasteiger charge is -2.35. The number of carbonyl (C=O) groups is 1. The van der Waals surface area contributed by atoms with Crippen LogP contribution in [-0.2, 0) is 11.2 Å². The Balaban J connectivity index is 1.95. The van der Waals surface area contributed by atoms with Crippen LogP contribution in [0, 0.1) is 0 Å². The van der Waals surface area contributed by atoms with Crippen molar-refractivity contribution in [2.45, 2.75) is 31.2 Å². The molecular formula is C11H13F2N3O. The highest BCUT2D eigenvalue weighted by Gasteiger charge is 2.45. The molecule has 92 valence electrons. The molecule has 0 radical (unpaired) electrons. The Morgan fingerprint density at radius 3 is 2.82 bits per heavy atom. The van der Waals surface area contributed by atoms with Gasteiger partial charge in [-0.1, -0.05) is 6.07 Å². The third-order valence-corrected chi connectivity index (χ3v) is 2.60. The number of nitrogens with one attached hydrogen (secondary N) is 1. The number of nitrogens with zero attached hydrogens (tertiary/aromatic N) is 1. The molecule has 1 aromatic heterocycles. The zero-order chi connectivity index (χ0) is 12.5. The minimum absolute atomic E-state index is 0.0519. The number of nitrogens with two attached hydrogens (primary N) is 1. The van der Waals surface area contributed by atoms with Crippen LogP contribution in [0.2, 0.25) is 0 Å². The molecule has 1 aromatic rings. The maximum absolute atomic E-state index is 12.6. The summed E-state index contributed by atoms with van der Waals surface area (Å²) < 4.78 is 25.2. The highest BCUT2D eigenvalue weighted by molar-refractivity contribution is 5.76. The van der Waals surface area contributed by atoms with Crippen LogP contribution in [0.4, 0.5) is 14.6 Å². The van der Waals surface area contributed by atoms with Crippen molar-refractivity contribution >= 4 is 11.7 Å². The van der Waals surface area contributed by atoms with E-state index >= 15 is 0 Å². The molecular weight excluding hydrogens is 228 g/mol. The van der Waals surface area contributed by atoms with Gasteiger partial charge in [0.25, 0.3) is 5.92 Å². The molecule has 1 fully saturated rings. The summed E-state index contributed by atoms with van der Waals surface area (Å²) in [6.45, 7) is 0. The van der Waals surface area contributed by atoms with Crippen LogP contribution in [0.25, 0.3) is 0 Å². The van der Waals surface area contributed by atoms with Crippen molar-refractivity contribution in [2.24, 2.45) is 5.73 Å². The Bertz CT molecular complexity index is 428. The summed E-state index contributed by atoms with van der Waals surface area (Å²) in [4.78, 5) is 14.8. The fourth-order valence-electron chi connectivity index (χ4n) is 1.81. The number of primary amides is 1. The lowest BCUT2D eigenvalue weighted by atomic mass is 9.88. The van der Waals surface area contributed by atoms with Crippen LogP contribution in [-0.4, -0.2) is 22.9 Å². The summed E-state index contributed by atoms with van der Waals surface area (Å²) in [5.74, 6) is -2.52. The molecule has 0 atom stereocenters. The van der Waals surface area contributed by atoms with Crippen LogP contribution in [0.5, 0.6) is 0 Å². The van der Waals surface area contributed by atoms with Gasteiger partial charge in [-0.05, 0) is 12.1 Å². The molecule has 1 aliphatic rings. The molecule has 1 amide bonds.